The number of aryl methyl sites for hydroxylation is 1. The summed E-state index contributed by atoms with van der Waals surface area (Å²) in [5.41, 5.74) is 1.31. The lowest BCUT2D eigenvalue weighted by molar-refractivity contribution is 0.192. The highest BCUT2D eigenvalue weighted by atomic mass is 127. The number of aliphatic imine (C=N–C) groups is 1. The van der Waals surface area contributed by atoms with Crippen molar-refractivity contribution >= 4 is 29.9 Å². The van der Waals surface area contributed by atoms with Crippen molar-refractivity contribution in [1.82, 2.24) is 24.9 Å². The summed E-state index contributed by atoms with van der Waals surface area (Å²) in [6, 6.07) is 4.21. The molecule has 7 nitrogen and oxygen atoms in total. The average Bonchev–Trinajstić information content (AvgIpc) is 3.43. The first-order valence-corrected chi connectivity index (χ1v) is 9.87. The molecule has 1 N–H and O–H groups in total. The quantitative estimate of drug-likeness (QED) is 0.360. The maximum Gasteiger partial charge on any atom is 0.193 e. The number of nitrogens with zero attached hydrogens (tertiary/aromatic N) is 5. The second-order valence-corrected chi connectivity index (χ2v) is 7.06. The van der Waals surface area contributed by atoms with Crippen LogP contribution in [0.4, 0.5) is 0 Å². The van der Waals surface area contributed by atoms with Gasteiger partial charge in [0.25, 0.3) is 0 Å². The number of halogens is 1. The Kier molecular flexibility index (Phi) is 8.81. The zero-order chi connectivity index (χ0) is 19.2. The van der Waals surface area contributed by atoms with Gasteiger partial charge in [-0.2, -0.15) is 5.10 Å². The van der Waals surface area contributed by atoms with Crippen molar-refractivity contribution in [2.75, 3.05) is 39.8 Å². The van der Waals surface area contributed by atoms with Crippen LogP contribution in [-0.4, -0.2) is 65.3 Å². The Bertz CT molecular complexity index is 725. The van der Waals surface area contributed by atoms with E-state index in [-0.39, 0.29) is 30.0 Å². The molecule has 3 rings (SSSR count). The fourth-order valence-corrected chi connectivity index (χ4v) is 3.95. The molecular formula is C20H33IN6O. The standard InChI is InChI=1S/C20H32N6O.HI/c1-5-25(6-2)18(19-8-7-11-27-19)13-22-20(21-3)26-10-9-16(15-26)17-12-23-24(4)14-17;/h7-8,11-12,14,16,18H,5-6,9-10,13,15H2,1-4H3,(H,21,22);1H. The highest BCUT2D eigenvalue weighted by Crippen LogP contribution is 2.27. The molecule has 2 aromatic rings. The number of hydrogen-bond acceptors (Lipinski definition) is 4. The number of likely N-dealkylation sites (N-methyl/N-ethyl adjacent to an activating group) is 1. The number of rotatable bonds is 7. The fraction of sp³-hybridized carbons (Fsp3) is 0.600. The summed E-state index contributed by atoms with van der Waals surface area (Å²) in [6.07, 6.45) is 6.99. The first-order valence-electron chi connectivity index (χ1n) is 9.87. The van der Waals surface area contributed by atoms with E-state index < -0.39 is 0 Å². The molecule has 2 unspecified atom stereocenters. The SMILES string of the molecule is CCN(CC)C(CNC(=NC)N1CCC(c2cnn(C)c2)C1)c1ccco1.I. The Morgan fingerprint density at radius 1 is 1.43 bits per heavy atom. The zero-order valence-corrected chi connectivity index (χ0v) is 19.7. The molecule has 0 radical (unpaired) electrons. The molecule has 1 aliphatic heterocycles. The van der Waals surface area contributed by atoms with Crippen molar-refractivity contribution in [1.29, 1.82) is 0 Å². The number of aromatic nitrogens is 2. The maximum absolute atomic E-state index is 5.70. The van der Waals surface area contributed by atoms with Gasteiger partial charge in [0.1, 0.15) is 5.76 Å². The summed E-state index contributed by atoms with van der Waals surface area (Å²) in [4.78, 5) is 9.28. The highest BCUT2D eigenvalue weighted by Gasteiger charge is 2.28. The normalized spacial score (nSPS) is 18.4. The molecule has 0 amide bonds. The summed E-state index contributed by atoms with van der Waals surface area (Å²) in [6.45, 7) is 9.10. The lowest BCUT2D eigenvalue weighted by Crippen LogP contribution is -2.44. The van der Waals surface area contributed by atoms with Crippen LogP contribution in [0.1, 0.15) is 43.6 Å². The van der Waals surface area contributed by atoms with Gasteiger partial charge < -0.3 is 14.6 Å². The smallest absolute Gasteiger partial charge is 0.193 e. The molecule has 1 aliphatic rings. The van der Waals surface area contributed by atoms with Gasteiger partial charge in [-0.15, -0.1) is 24.0 Å². The van der Waals surface area contributed by atoms with E-state index in [9.17, 15) is 0 Å². The molecule has 28 heavy (non-hydrogen) atoms. The van der Waals surface area contributed by atoms with Crippen molar-refractivity contribution in [2.45, 2.75) is 32.2 Å². The van der Waals surface area contributed by atoms with E-state index in [0.717, 1.165) is 50.9 Å². The second-order valence-electron chi connectivity index (χ2n) is 7.06. The number of likely N-dealkylation sites (tertiary alicyclic amines) is 1. The Morgan fingerprint density at radius 2 is 2.21 bits per heavy atom. The minimum Gasteiger partial charge on any atom is -0.468 e. The second kappa shape index (κ2) is 10.8. The minimum atomic E-state index is 0. The molecule has 0 bridgehead atoms. The summed E-state index contributed by atoms with van der Waals surface area (Å²) in [5.74, 6) is 2.47. The summed E-state index contributed by atoms with van der Waals surface area (Å²) < 4.78 is 7.58. The fourth-order valence-electron chi connectivity index (χ4n) is 3.95. The van der Waals surface area contributed by atoms with E-state index in [0.29, 0.717) is 5.92 Å². The van der Waals surface area contributed by atoms with Gasteiger partial charge in [-0.1, -0.05) is 13.8 Å². The van der Waals surface area contributed by atoms with Crippen LogP contribution in [0.15, 0.2) is 40.2 Å². The molecule has 2 atom stereocenters. The summed E-state index contributed by atoms with van der Waals surface area (Å²) >= 11 is 0. The minimum absolute atomic E-state index is 0. The summed E-state index contributed by atoms with van der Waals surface area (Å²) in [5, 5.41) is 7.89. The monoisotopic (exact) mass is 500 g/mol. The molecule has 1 saturated heterocycles. The van der Waals surface area contributed by atoms with Gasteiger partial charge in [0, 0.05) is 45.8 Å². The molecule has 8 heteroatoms. The van der Waals surface area contributed by atoms with Crippen LogP contribution in [0.3, 0.4) is 0 Å². The van der Waals surface area contributed by atoms with Crippen molar-refractivity contribution in [3.8, 4) is 0 Å². The van der Waals surface area contributed by atoms with E-state index in [1.807, 2.05) is 31.0 Å². The lowest BCUT2D eigenvalue weighted by atomic mass is 10.0. The van der Waals surface area contributed by atoms with Gasteiger partial charge >= 0.3 is 0 Å². The average molecular weight is 500 g/mol. The predicted molar refractivity (Wildman–Crippen MR) is 123 cm³/mol. The molecule has 0 saturated carbocycles. The first-order chi connectivity index (χ1) is 13.2. The Labute approximate surface area is 185 Å². The number of furan rings is 1. The molecule has 1 fully saturated rings. The van der Waals surface area contributed by atoms with Crippen LogP contribution >= 0.6 is 24.0 Å². The third-order valence-corrected chi connectivity index (χ3v) is 5.47. The topological polar surface area (TPSA) is 61.8 Å². The largest absolute Gasteiger partial charge is 0.468 e. The van der Waals surface area contributed by atoms with E-state index in [2.05, 4.69) is 51.3 Å². The van der Waals surface area contributed by atoms with E-state index in [1.54, 1.807) is 6.26 Å². The Morgan fingerprint density at radius 3 is 2.79 bits per heavy atom. The molecular weight excluding hydrogens is 467 g/mol. The third-order valence-electron chi connectivity index (χ3n) is 5.47. The molecule has 3 heterocycles. The van der Waals surface area contributed by atoms with Crippen LogP contribution in [0, 0.1) is 0 Å². The van der Waals surface area contributed by atoms with Crippen molar-refractivity contribution in [3.05, 3.63) is 42.1 Å². The number of nitrogens with one attached hydrogen (secondary N) is 1. The third kappa shape index (κ3) is 5.28. The molecule has 156 valence electrons. The van der Waals surface area contributed by atoms with E-state index >= 15 is 0 Å². The van der Waals surface area contributed by atoms with Gasteiger partial charge in [0.15, 0.2) is 5.96 Å². The van der Waals surface area contributed by atoms with Crippen molar-refractivity contribution < 1.29 is 4.42 Å². The Balaban J connectivity index is 0.00000280. The summed E-state index contributed by atoms with van der Waals surface area (Å²) in [7, 11) is 3.83. The van der Waals surface area contributed by atoms with Gasteiger partial charge in [-0.3, -0.25) is 14.6 Å². The number of hydrogen-bond donors (Lipinski definition) is 1. The maximum atomic E-state index is 5.70. The molecule has 0 aromatic carbocycles. The zero-order valence-electron chi connectivity index (χ0n) is 17.3. The molecule has 0 aliphatic carbocycles. The molecule has 2 aromatic heterocycles. The lowest BCUT2D eigenvalue weighted by Gasteiger charge is -2.30. The van der Waals surface area contributed by atoms with Gasteiger partial charge in [0.2, 0.25) is 0 Å². The van der Waals surface area contributed by atoms with E-state index in [4.69, 9.17) is 4.42 Å². The van der Waals surface area contributed by atoms with Crippen molar-refractivity contribution in [2.24, 2.45) is 12.0 Å². The van der Waals surface area contributed by atoms with Gasteiger partial charge in [-0.25, -0.2) is 0 Å². The predicted octanol–water partition coefficient (Wildman–Crippen LogP) is 3.08. The first kappa shape index (κ1) is 22.7. The molecule has 0 spiro atoms. The van der Waals surface area contributed by atoms with Crippen molar-refractivity contribution in [3.63, 3.8) is 0 Å². The van der Waals surface area contributed by atoms with Gasteiger partial charge in [-0.05, 0) is 37.2 Å². The van der Waals surface area contributed by atoms with Crippen LogP contribution in [0.2, 0.25) is 0 Å². The van der Waals surface area contributed by atoms with E-state index in [1.165, 1.54) is 5.56 Å². The van der Waals surface area contributed by atoms with Gasteiger partial charge in [0.05, 0.1) is 18.5 Å². The number of guanidine groups is 1. The Hall–Kier alpha value is -1.55. The van der Waals surface area contributed by atoms with Crippen LogP contribution in [0.5, 0.6) is 0 Å². The van der Waals surface area contributed by atoms with Crippen LogP contribution in [-0.2, 0) is 7.05 Å². The highest BCUT2D eigenvalue weighted by molar-refractivity contribution is 14.0. The van der Waals surface area contributed by atoms with Crippen LogP contribution < -0.4 is 5.32 Å². The van der Waals surface area contributed by atoms with Crippen LogP contribution in [0.25, 0.3) is 0 Å².